The molecule has 76 valence electrons. The fraction of sp³-hybridized carbons (Fsp3) is 0.400. The van der Waals surface area contributed by atoms with Gasteiger partial charge in [-0.15, -0.1) is 0 Å². The Hall–Kier alpha value is -0.0900. The van der Waals surface area contributed by atoms with Gasteiger partial charge in [0.25, 0.3) is 0 Å². The molecule has 0 aromatic heterocycles. The Kier molecular flexibility index (Phi) is 3.12. The topological polar surface area (TPSA) is 3.24 Å². The average Bonchev–Trinajstić information content (AvgIpc) is 2.54. The molecule has 2 rings (SSSR count). The summed E-state index contributed by atoms with van der Waals surface area (Å²) in [6.45, 7) is 2.12. The third kappa shape index (κ3) is 1.96. The molecule has 1 aromatic rings. The zero-order chi connectivity index (χ0) is 10.1. The van der Waals surface area contributed by atoms with Gasteiger partial charge in [-0.05, 0) is 56.8 Å². The van der Waals surface area contributed by atoms with Crippen molar-refractivity contribution in [2.45, 2.75) is 12.8 Å². The van der Waals surface area contributed by atoms with E-state index in [0.717, 1.165) is 27.7 Å². The Labute approximate surface area is 99.5 Å². The van der Waals surface area contributed by atoms with Gasteiger partial charge in [0, 0.05) is 22.0 Å². The first-order valence-corrected chi connectivity index (χ1v) is 6.16. The Bertz CT molecular complexity index is 325. The van der Waals surface area contributed by atoms with E-state index in [4.69, 9.17) is 0 Å². The monoisotopic (exact) mass is 321 g/mol. The molecule has 0 amide bonds. The highest BCUT2D eigenvalue weighted by Crippen LogP contribution is 2.36. The summed E-state index contributed by atoms with van der Waals surface area (Å²) in [5, 5.41) is 0. The summed E-state index contributed by atoms with van der Waals surface area (Å²) < 4.78 is 14.7. The lowest BCUT2D eigenvalue weighted by Gasteiger charge is -2.20. The lowest BCUT2D eigenvalue weighted by molar-refractivity contribution is 0.626. The second kappa shape index (κ2) is 4.19. The highest BCUT2D eigenvalue weighted by Gasteiger charge is 2.18. The first kappa shape index (κ1) is 10.4. The highest BCUT2D eigenvalue weighted by molar-refractivity contribution is 9.11. The normalized spacial score (nSPS) is 16.4. The van der Waals surface area contributed by atoms with Crippen LogP contribution in [0.2, 0.25) is 0 Å². The van der Waals surface area contributed by atoms with E-state index in [0.29, 0.717) is 0 Å². The summed E-state index contributed by atoms with van der Waals surface area (Å²) in [6.07, 6.45) is 2.44. The highest BCUT2D eigenvalue weighted by atomic mass is 79.9. The number of nitrogens with zero attached hydrogens (tertiary/aromatic N) is 1. The van der Waals surface area contributed by atoms with E-state index >= 15 is 0 Å². The summed E-state index contributed by atoms with van der Waals surface area (Å²) in [4.78, 5) is 2.27. The zero-order valence-corrected chi connectivity index (χ0v) is 10.7. The number of benzene rings is 1. The molecule has 0 saturated carbocycles. The van der Waals surface area contributed by atoms with Crippen LogP contribution in [0.5, 0.6) is 0 Å². The molecule has 1 fully saturated rings. The summed E-state index contributed by atoms with van der Waals surface area (Å²) >= 11 is 6.79. The van der Waals surface area contributed by atoms with Gasteiger partial charge >= 0.3 is 0 Å². The smallest absolute Gasteiger partial charge is 0.125 e. The van der Waals surface area contributed by atoms with E-state index in [1.54, 1.807) is 0 Å². The minimum absolute atomic E-state index is 0.216. The minimum atomic E-state index is -0.216. The van der Waals surface area contributed by atoms with E-state index in [9.17, 15) is 4.39 Å². The van der Waals surface area contributed by atoms with Gasteiger partial charge in [0.2, 0.25) is 0 Å². The van der Waals surface area contributed by atoms with Crippen molar-refractivity contribution in [3.63, 3.8) is 0 Å². The molecule has 0 aliphatic carbocycles. The lowest BCUT2D eigenvalue weighted by atomic mass is 10.3. The molecule has 4 heteroatoms. The summed E-state index contributed by atoms with van der Waals surface area (Å²) in [6, 6.07) is 3.02. The van der Waals surface area contributed by atoms with Crippen LogP contribution in [-0.4, -0.2) is 13.1 Å². The van der Waals surface area contributed by atoms with Crippen LogP contribution < -0.4 is 4.90 Å². The molecule has 1 saturated heterocycles. The van der Waals surface area contributed by atoms with Crippen LogP contribution in [-0.2, 0) is 0 Å². The van der Waals surface area contributed by atoms with Crippen LogP contribution in [0.1, 0.15) is 12.8 Å². The second-order valence-corrected chi connectivity index (χ2v) is 5.12. The van der Waals surface area contributed by atoms with Crippen molar-refractivity contribution in [3.05, 3.63) is 26.9 Å². The van der Waals surface area contributed by atoms with Crippen molar-refractivity contribution in [1.29, 1.82) is 0 Å². The Morgan fingerprint density at radius 2 is 1.57 bits per heavy atom. The van der Waals surface area contributed by atoms with Crippen molar-refractivity contribution >= 4 is 37.5 Å². The van der Waals surface area contributed by atoms with Gasteiger partial charge < -0.3 is 4.90 Å². The molecule has 1 heterocycles. The molecule has 0 spiro atoms. The number of hydrogen-bond acceptors (Lipinski definition) is 1. The molecule has 1 nitrogen and oxygen atoms in total. The maximum Gasteiger partial charge on any atom is 0.125 e. The van der Waals surface area contributed by atoms with Gasteiger partial charge in [-0.25, -0.2) is 4.39 Å². The van der Waals surface area contributed by atoms with Crippen molar-refractivity contribution in [1.82, 2.24) is 0 Å². The van der Waals surface area contributed by atoms with Gasteiger partial charge in [-0.3, -0.25) is 0 Å². The maximum atomic E-state index is 13.0. The first-order valence-electron chi connectivity index (χ1n) is 4.58. The Morgan fingerprint density at radius 1 is 1.07 bits per heavy atom. The van der Waals surface area contributed by atoms with Crippen LogP contribution >= 0.6 is 31.9 Å². The Morgan fingerprint density at radius 3 is 2.07 bits per heavy atom. The van der Waals surface area contributed by atoms with Crippen LogP contribution in [0.25, 0.3) is 0 Å². The van der Waals surface area contributed by atoms with Gasteiger partial charge in [0.05, 0.1) is 5.69 Å². The summed E-state index contributed by atoms with van der Waals surface area (Å²) in [5.41, 5.74) is 1.07. The van der Waals surface area contributed by atoms with Gasteiger partial charge in [0.1, 0.15) is 5.82 Å². The molecular weight excluding hydrogens is 313 g/mol. The van der Waals surface area contributed by atoms with Gasteiger partial charge in [0.15, 0.2) is 0 Å². The van der Waals surface area contributed by atoms with E-state index in [1.165, 1.54) is 25.0 Å². The van der Waals surface area contributed by atoms with Crippen molar-refractivity contribution in [2.75, 3.05) is 18.0 Å². The van der Waals surface area contributed by atoms with E-state index in [2.05, 4.69) is 36.8 Å². The van der Waals surface area contributed by atoms with Gasteiger partial charge in [-0.2, -0.15) is 0 Å². The van der Waals surface area contributed by atoms with Gasteiger partial charge in [-0.1, -0.05) is 0 Å². The first-order chi connectivity index (χ1) is 6.68. The Balaban J connectivity index is 2.40. The number of halogens is 3. The SMILES string of the molecule is Fc1cc(Br)c(N2CCCC2)c(Br)c1. The maximum absolute atomic E-state index is 13.0. The molecule has 0 N–H and O–H groups in total. The van der Waals surface area contributed by atoms with Crippen molar-refractivity contribution < 1.29 is 4.39 Å². The summed E-state index contributed by atoms with van der Waals surface area (Å²) in [7, 11) is 0. The molecule has 0 bridgehead atoms. The van der Waals surface area contributed by atoms with Crippen LogP contribution in [0.3, 0.4) is 0 Å². The molecular formula is C10H10Br2FN. The molecule has 0 radical (unpaired) electrons. The van der Waals surface area contributed by atoms with E-state index < -0.39 is 0 Å². The number of anilines is 1. The second-order valence-electron chi connectivity index (χ2n) is 3.41. The predicted octanol–water partition coefficient (Wildman–Crippen LogP) is 3.95. The lowest BCUT2D eigenvalue weighted by Crippen LogP contribution is -2.18. The molecule has 1 aliphatic rings. The fourth-order valence-corrected chi connectivity index (χ4v) is 3.41. The molecule has 0 atom stereocenters. The van der Waals surface area contributed by atoms with E-state index in [-0.39, 0.29) is 5.82 Å². The van der Waals surface area contributed by atoms with Crippen LogP contribution in [0, 0.1) is 5.82 Å². The van der Waals surface area contributed by atoms with Crippen LogP contribution in [0.4, 0.5) is 10.1 Å². The van der Waals surface area contributed by atoms with Crippen molar-refractivity contribution in [2.24, 2.45) is 0 Å². The zero-order valence-electron chi connectivity index (χ0n) is 7.56. The fourth-order valence-electron chi connectivity index (χ4n) is 1.78. The van der Waals surface area contributed by atoms with Crippen LogP contribution in [0.15, 0.2) is 21.1 Å². The number of hydrogen-bond donors (Lipinski definition) is 0. The average molecular weight is 323 g/mol. The molecule has 1 aliphatic heterocycles. The predicted molar refractivity (Wildman–Crippen MR) is 63.2 cm³/mol. The number of rotatable bonds is 1. The molecule has 0 unspecified atom stereocenters. The molecule has 14 heavy (non-hydrogen) atoms. The summed E-state index contributed by atoms with van der Waals surface area (Å²) in [5.74, 6) is -0.216. The largest absolute Gasteiger partial charge is 0.370 e. The third-order valence-electron chi connectivity index (χ3n) is 2.40. The van der Waals surface area contributed by atoms with E-state index in [1.807, 2.05) is 0 Å². The van der Waals surface area contributed by atoms with Crippen molar-refractivity contribution in [3.8, 4) is 0 Å². The quantitative estimate of drug-likeness (QED) is 0.756. The molecule has 1 aromatic carbocycles. The standard InChI is InChI=1S/C10H10Br2FN/c11-8-5-7(13)6-9(12)10(8)14-3-1-2-4-14/h5-6H,1-4H2. The third-order valence-corrected chi connectivity index (χ3v) is 3.61. The minimum Gasteiger partial charge on any atom is -0.370 e.